The van der Waals surface area contributed by atoms with E-state index in [0.717, 1.165) is 6.26 Å². The topological polar surface area (TPSA) is 114 Å². The first-order valence-corrected chi connectivity index (χ1v) is 9.98. The van der Waals surface area contributed by atoms with Crippen LogP contribution in [0.25, 0.3) is 0 Å². The summed E-state index contributed by atoms with van der Waals surface area (Å²) in [6, 6.07) is 4.10. The van der Waals surface area contributed by atoms with Crippen LogP contribution >= 0.6 is 0 Å². The molecule has 0 saturated heterocycles. The first-order chi connectivity index (χ1) is 12.5. The van der Waals surface area contributed by atoms with Crippen LogP contribution in [-0.4, -0.2) is 46.8 Å². The molecule has 0 saturated carbocycles. The number of hydrogen-bond acceptors (Lipinski definition) is 9. The van der Waals surface area contributed by atoms with Crippen molar-refractivity contribution in [2.75, 3.05) is 26.1 Å². The van der Waals surface area contributed by atoms with Gasteiger partial charge in [0.25, 0.3) is 0 Å². The van der Waals surface area contributed by atoms with Crippen molar-refractivity contribution < 1.29 is 41.1 Å². The molecule has 0 atom stereocenters. The molecule has 0 fully saturated rings. The van der Waals surface area contributed by atoms with E-state index in [9.17, 15) is 18.0 Å². The van der Waals surface area contributed by atoms with E-state index in [1.807, 2.05) is 0 Å². The van der Waals surface area contributed by atoms with Crippen LogP contribution in [0.2, 0.25) is 0 Å². The Kier molecular flexibility index (Phi) is 7.89. The summed E-state index contributed by atoms with van der Waals surface area (Å²) < 4.78 is 47.4. The molecule has 1 aromatic rings. The second-order valence-corrected chi connectivity index (χ2v) is 7.66. The van der Waals surface area contributed by atoms with Crippen LogP contribution in [0.3, 0.4) is 0 Å². The molecule has 0 unspecified atom stereocenters. The van der Waals surface area contributed by atoms with Gasteiger partial charge in [-0.1, -0.05) is 13.8 Å². The van der Waals surface area contributed by atoms with Crippen LogP contribution in [0, 0.1) is 0 Å². The summed E-state index contributed by atoms with van der Waals surface area (Å²) in [5, 5.41) is 0. The normalized spacial score (nSPS) is 11.4. The van der Waals surface area contributed by atoms with E-state index >= 15 is 0 Å². The quantitative estimate of drug-likeness (QED) is 0.366. The van der Waals surface area contributed by atoms with Gasteiger partial charge in [0.15, 0.2) is 0 Å². The van der Waals surface area contributed by atoms with Crippen molar-refractivity contribution in [3.8, 4) is 11.5 Å². The van der Waals surface area contributed by atoms with E-state index in [2.05, 4.69) is 0 Å². The van der Waals surface area contributed by atoms with E-state index in [0.29, 0.717) is 5.56 Å². The summed E-state index contributed by atoms with van der Waals surface area (Å²) in [7, 11) is -3.75. The van der Waals surface area contributed by atoms with Gasteiger partial charge in [0.1, 0.15) is 18.1 Å². The molecule has 0 heterocycles. The fourth-order valence-electron chi connectivity index (χ4n) is 2.07. The first kappa shape index (κ1) is 22.6. The minimum atomic E-state index is -3.75. The van der Waals surface area contributed by atoms with Gasteiger partial charge in [-0.3, -0.25) is 0 Å². The minimum Gasteiger partial charge on any atom is -0.435 e. The molecule has 1 rings (SSSR count). The smallest absolute Gasteiger partial charge is 0.435 e. The Hall–Kier alpha value is -2.49. The van der Waals surface area contributed by atoms with Gasteiger partial charge in [-0.15, -0.1) is 0 Å². The van der Waals surface area contributed by atoms with E-state index in [1.54, 1.807) is 27.7 Å². The predicted molar refractivity (Wildman–Crippen MR) is 95.6 cm³/mol. The van der Waals surface area contributed by atoms with Crippen molar-refractivity contribution in [1.29, 1.82) is 0 Å². The molecule has 0 amide bonds. The molecule has 10 heteroatoms. The highest BCUT2D eigenvalue weighted by Gasteiger charge is 2.29. The third-order valence-electron chi connectivity index (χ3n) is 3.20. The fourth-order valence-corrected chi connectivity index (χ4v) is 2.52. The molecule has 152 valence electrons. The lowest BCUT2D eigenvalue weighted by Gasteiger charge is -2.26. The van der Waals surface area contributed by atoms with Crippen LogP contribution in [0.15, 0.2) is 18.2 Å². The highest BCUT2D eigenvalue weighted by atomic mass is 32.2. The molecule has 0 radical (unpaired) electrons. The van der Waals surface area contributed by atoms with Crippen molar-refractivity contribution in [2.45, 2.75) is 33.1 Å². The Balaban J connectivity index is 3.20. The second-order valence-electron chi connectivity index (χ2n) is 6.09. The monoisotopic (exact) mass is 404 g/mol. The molecular formula is C17H24O9S. The summed E-state index contributed by atoms with van der Waals surface area (Å²) in [5.41, 5.74) is -0.494. The third-order valence-corrected chi connectivity index (χ3v) is 3.69. The molecule has 0 bridgehead atoms. The number of ether oxygens (including phenoxy) is 4. The minimum absolute atomic E-state index is 0.0212. The number of rotatable bonds is 8. The second kappa shape index (κ2) is 9.45. The van der Waals surface area contributed by atoms with Gasteiger partial charge < -0.3 is 23.1 Å². The maximum absolute atomic E-state index is 11.7. The number of hydrogen-bond donors (Lipinski definition) is 0. The number of carbonyl (C=O) groups is 2. The Morgan fingerprint density at radius 3 is 2.15 bits per heavy atom. The standard InChI is InChI=1S/C17H24O9S/c1-6-22-15(18)24-11-17(3,4)13-10-12(26-27(5,20)21)8-9-14(13)25-16(19)23-7-2/h8-10H,6-7,11H2,1-5H3. The lowest BCUT2D eigenvalue weighted by atomic mass is 9.84. The summed E-state index contributed by atoms with van der Waals surface area (Å²) in [6.07, 6.45) is -0.857. The Morgan fingerprint density at radius 1 is 1.00 bits per heavy atom. The molecule has 9 nitrogen and oxygen atoms in total. The zero-order chi connectivity index (χ0) is 20.7. The summed E-state index contributed by atoms with van der Waals surface area (Å²) >= 11 is 0. The molecule has 0 N–H and O–H groups in total. The lowest BCUT2D eigenvalue weighted by Crippen LogP contribution is -2.28. The van der Waals surface area contributed by atoms with Crippen LogP contribution in [0.1, 0.15) is 33.3 Å². The van der Waals surface area contributed by atoms with Gasteiger partial charge in [-0.25, -0.2) is 9.59 Å². The zero-order valence-corrected chi connectivity index (χ0v) is 16.8. The Morgan fingerprint density at radius 2 is 1.59 bits per heavy atom. The summed E-state index contributed by atoms with van der Waals surface area (Å²) in [6.45, 7) is 6.86. The highest BCUT2D eigenvalue weighted by Crippen LogP contribution is 2.35. The zero-order valence-electron chi connectivity index (χ0n) is 15.9. The van der Waals surface area contributed by atoms with Gasteiger partial charge in [-0.2, -0.15) is 8.42 Å². The van der Waals surface area contributed by atoms with Crippen LogP contribution in [0.5, 0.6) is 11.5 Å². The molecule has 1 aromatic carbocycles. The van der Waals surface area contributed by atoms with Crippen molar-refractivity contribution in [1.82, 2.24) is 0 Å². The maximum Gasteiger partial charge on any atom is 0.513 e. The molecule has 0 aromatic heterocycles. The fraction of sp³-hybridized carbons (Fsp3) is 0.529. The van der Waals surface area contributed by atoms with Crippen molar-refractivity contribution in [3.05, 3.63) is 23.8 Å². The number of benzene rings is 1. The van der Waals surface area contributed by atoms with Gasteiger partial charge in [0.05, 0.1) is 19.5 Å². The van der Waals surface area contributed by atoms with Gasteiger partial charge in [0.2, 0.25) is 0 Å². The molecular weight excluding hydrogens is 380 g/mol. The Labute approximate surface area is 158 Å². The van der Waals surface area contributed by atoms with Crippen LogP contribution < -0.4 is 8.92 Å². The van der Waals surface area contributed by atoms with Crippen molar-refractivity contribution in [2.24, 2.45) is 0 Å². The summed E-state index contributed by atoms with van der Waals surface area (Å²) in [4.78, 5) is 23.1. The number of carbonyl (C=O) groups excluding carboxylic acids is 2. The van der Waals surface area contributed by atoms with E-state index in [-0.39, 0.29) is 31.3 Å². The van der Waals surface area contributed by atoms with Crippen molar-refractivity contribution >= 4 is 22.4 Å². The van der Waals surface area contributed by atoms with E-state index in [1.165, 1.54) is 18.2 Å². The van der Waals surface area contributed by atoms with Gasteiger partial charge in [-0.05, 0) is 32.0 Å². The average molecular weight is 404 g/mol. The van der Waals surface area contributed by atoms with Gasteiger partial charge >= 0.3 is 22.4 Å². The highest BCUT2D eigenvalue weighted by molar-refractivity contribution is 7.86. The summed E-state index contributed by atoms with van der Waals surface area (Å²) in [5.74, 6) is 0.139. The molecule has 0 aliphatic carbocycles. The van der Waals surface area contributed by atoms with Crippen molar-refractivity contribution in [3.63, 3.8) is 0 Å². The molecule has 27 heavy (non-hydrogen) atoms. The lowest BCUT2D eigenvalue weighted by molar-refractivity contribution is 0.0451. The van der Waals surface area contributed by atoms with E-state index in [4.69, 9.17) is 23.1 Å². The third kappa shape index (κ3) is 7.73. The van der Waals surface area contributed by atoms with E-state index < -0.39 is 27.8 Å². The predicted octanol–water partition coefficient (Wildman–Crippen LogP) is 3.01. The van der Waals surface area contributed by atoms with Crippen LogP contribution in [0.4, 0.5) is 9.59 Å². The Bertz CT molecular complexity index is 769. The molecule has 0 aliphatic heterocycles. The van der Waals surface area contributed by atoms with Crippen LogP contribution in [-0.2, 0) is 29.7 Å². The largest absolute Gasteiger partial charge is 0.513 e. The maximum atomic E-state index is 11.7. The average Bonchev–Trinajstić information content (AvgIpc) is 2.53. The molecule has 0 aliphatic rings. The molecule has 0 spiro atoms. The first-order valence-electron chi connectivity index (χ1n) is 8.16. The van der Waals surface area contributed by atoms with Gasteiger partial charge in [0, 0.05) is 11.0 Å². The SMILES string of the molecule is CCOC(=O)OCC(C)(C)c1cc(OS(C)(=O)=O)ccc1OC(=O)OCC.